The van der Waals surface area contributed by atoms with Crippen molar-refractivity contribution in [3.8, 4) is 0 Å². The van der Waals surface area contributed by atoms with Gasteiger partial charge in [-0.25, -0.2) is 0 Å². The number of aryl methyl sites for hydroxylation is 1. The van der Waals surface area contributed by atoms with Crippen LogP contribution >= 0.6 is 0 Å². The van der Waals surface area contributed by atoms with Gasteiger partial charge in [-0.2, -0.15) is 13.2 Å². The average Bonchev–Trinajstić information content (AvgIpc) is 2.26. The van der Waals surface area contributed by atoms with E-state index in [0.717, 1.165) is 0 Å². The standard InChI is InChI=1S/C14H18F3NO/c1-9-4-5-12(6-13(9)14(15,16)17)18-7-10(2)19-11(3)8-18/h4-6,10-11H,7-8H2,1-3H3/t10-,11+. The Hall–Kier alpha value is -1.23. The summed E-state index contributed by atoms with van der Waals surface area (Å²) in [5.41, 5.74) is 0.308. The summed E-state index contributed by atoms with van der Waals surface area (Å²) in [5.74, 6) is 0. The molecule has 1 saturated heterocycles. The summed E-state index contributed by atoms with van der Waals surface area (Å²) >= 11 is 0. The molecule has 1 aliphatic rings. The van der Waals surface area contributed by atoms with E-state index in [9.17, 15) is 13.2 Å². The molecule has 1 fully saturated rings. The molecule has 0 spiro atoms. The Balaban J connectivity index is 2.30. The molecule has 0 radical (unpaired) electrons. The third-order valence-corrected chi connectivity index (χ3v) is 3.31. The number of hydrogen-bond donors (Lipinski definition) is 0. The van der Waals surface area contributed by atoms with Crippen LogP contribution in [0, 0.1) is 6.92 Å². The monoisotopic (exact) mass is 273 g/mol. The van der Waals surface area contributed by atoms with Crippen molar-refractivity contribution in [2.45, 2.75) is 39.2 Å². The molecule has 19 heavy (non-hydrogen) atoms. The van der Waals surface area contributed by atoms with Crippen molar-refractivity contribution in [2.24, 2.45) is 0 Å². The zero-order valence-corrected chi connectivity index (χ0v) is 11.3. The molecule has 106 valence electrons. The number of anilines is 1. The summed E-state index contributed by atoms with van der Waals surface area (Å²) in [4.78, 5) is 1.95. The van der Waals surface area contributed by atoms with E-state index in [0.29, 0.717) is 18.8 Å². The van der Waals surface area contributed by atoms with Gasteiger partial charge in [-0.15, -0.1) is 0 Å². The van der Waals surface area contributed by atoms with Crippen LogP contribution in [0.2, 0.25) is 0 Å². The van der Waals surface area contributed by atoms with Crippen LogP contribution in [0.4, 0.5) is 18.9 Å². The van der Waals surface area contributed by atoms with E-state index in [4.69, 9.17) is 4.74 Å². The van der Waals surface area contributed by atoms with Gasteiger partial charge in [0, 0.05) is 18.8 Å². The van der Waals surface area contributed by atoms with Crippen molar-refractivity contribution >= 4 is 5.69 Å². The smallest absolute Gasteiger partial charge is 0.372 e. The summed E-state index contributed by atoms with van der Waals surface area (Å²) in [6.45, 7) is 6.58. The van der Waals surface area contributed by atoms with E-state index in [2.05, 4.69) is 0 Å². The Kier molecular flexibility index (Phi) is 3.76. The van der Waals surface area contributed by atoms with Crippen LogP contribution in [0.15, 0.2) is 18.2 Å². The van der Waals surface area contributed by atoms with Gasteiger partial charge in [-0.05, 0) is 38.5 Å². The number of alkyl halides is 3. The van der Waals surface area contributed by atoms with Crippen LogP contribution in [0.3, 0.4) is 0 Å². The topological polar surface area (TPSA) is 12.5 Å². The maximum atomic E-state index is 12.9. The van der Waals surface area contributed by atoms with Gasteiger partial charge < -0.3 is 9.64 Å². The molecule has 1 aromatic rings. The highest BCUT2D eigenvalue weighted by atomic mass is 19.4. The minimum absolute atomic E-state index is 0.0272. The van der Waals surface area contributed by atoms with Crippen LogP contribution in [-0.2, 0) is 10.9 Å². The molecule has 0 aromatic heterocycles. The molecular weight excluding hydrogens is 255 g/mol. The van der Waals surface area contributed by atoms with Crippen molar-refractivity contribution in [2.75, 3.05) is 18.0 Å². The van der Waals surface area contributed by atoms with Gasteiger partial charge >= 0.3 is 6.18 Å². The van der Waals surface area contributed by atoms with Gasteiger partial charge in [0.2, 0.25) is 0 Å². The number of rotatable bonds is 1. The normalized spacial score (nSPS) is 24.6. The Bertz CT molecular complexity index is 448. The highest BCUT2D eigenvalue weighted by Gasteiger charge is 2.33. The first-order valence-corrected chi connectivity index (χ1v) is 6.35. The van der Waals surface area contributed by atoms with Crippen LogP contribution in [0.5, 0.6) is 0 Å². The Morgan fingerprint density at radius 2 is 1.74 bits per heavy atom. The molecule has 0 bridgehead atoms. The third-order valence-electron chi connectivity index (χ3n) is 3.31. The quantitative estimate of drug-likeness (QED) is 0.774. The van der Waals surface area contributed by atoms with E-state index >= 15 is 0 Å². The average molecular weight is 273 g/mol. The molecule has 0 saturated carbocycles. The SMILES string of the molecule is Cc1ccc(N2C[C@@H](C)O[C@@H](C)C2)cc1C(F)(F)F. The van der Waals surface area contributed by atoms with Crippen molar-refractivity contribution in [3.05, 3.63) is 29.3 Å². The third kappa shape index (κ3) is 3.21. The maximum absolute atomic E-state index is 12.9. The zero-order valence-electron chi connectivity index (χ0n) is 11.3. The fourth-order valence-corrected chi connectivity index (χ4v) is 2.50. The second kappa shape index (κ2) is 5.04. The lowest BCUT2D eigenvalue weighted by molar-refractivity contribution is -0.138. The van der Waals surface area contributed by atoms with Gasteiger partial charge in [0.05, 0.1) is 17.8 Å². The van der Waals surface area contributed by atoms with Crippen LogP contribution in [0.1, 0.15) is 25.0 Å². The summed E-state index contributed by atoms with van der Waals surface area (Å²) in [7, 11) is 0. The first kappa shape index (κ1) is 14.2. The van der Waals surface area contributed by atoms with Crippen molar-refractivity contribution in [1.29, 1.82) is 0 Å². The molecule has 0 amide bonds. The molecule has 1 aliphatic heterocycles. The predicted octanol–water partition coefficient (Wildman–Crippen LogP) is 3.63. The van der Waals surface area contributed by atoms with Crippen molar-refractivity contribution in [1.82, 2.24) is 0 Å². The lowest BCUT2D eigenvalue weighted by Gasteiger charge is -2.37. The first-order chi connectivity index (χ1) is 8.77. The predicted molar refractivity (Wildman–Crippen MR) is 68.4 cm³/mol. The van der Waals surface area contributed by atoms with E-state index in [-0.39, 0.29) is 17.8 Å². The minimum atomic E-state index is -4.30. The number of halogens is 3. The van der Waals surface area contributed by atoms with Crippen LogP contribution in [-0.4, -0.2) is 25.3 Å². The van der Waals surface area contributed by atoms with E-state index < -0.39 is 11.7 Å². The van der Waals surface area contributed by atoms with Crippen LogP contribution in [0.25, 0.3) is 0 Å². The summed E-state index contributed by atoms with van der Waals surface area (Å²) < 4.78 is 44.3. The molecule has 0 unspecified atom stereocenters. The summed E-state index contributed by atoms with van der Waals surface area (Å²) in [5, 5.41) is 0. The van der Waals surface area contributed by atoms with Gasteiger partial charge in [0.1, 0.15) is 0 Å². The summed E-state index contributed by atoms with van der Waals surface area (Å²) in [6.07, 6.45) is -4.25. The number of ether oxygens (including phenoxy) is 1. The fraction of sp³-hybridized carbons (Fsp3) is 0.571. The molecular formula is C14H18F3NO. The van der Waals surface area contributed by atoms with Gasteiger partial charge in [0.25, 0.3) is 0 Å². The number of hydrogen-bond acceptors (Lipinski definition) is 2. The second-order valence-electron chi connectivity index (χ2n) is 5.16. The number of morpholine rings is 1. The second-order valence-corrected chi connectivity index (χ2v) is 5.16. The highest BCUT2D eigenvalue weighted by molar-refractivity contribution is 5.52. The minimum Gasteiger partial charge on any atom is -0.372 e. The van der Waals surface area contributed by atoms with E-state index in [1.54, 1.807) is 6.07 Å². The molecule has 5 heteroatoms. The van der Waals surface area contributed by atoms with Crippen molar-refractivity contribution in [3.63, 3.8) is 0 Å². The Labute approximate surface area is 111 Å². The van der Waals surface area contributed by atoms with Gasteiger partial charge in [-0.3, -0.25) is 0 Å². The number of nitrogens with zero attached hydrogens (tertiary/aromatic N) is 1. The molecule has 2 rings (SSSR count). The molecule has 1 aromatic carbocycles. The molecule has 0 aliphatic carbocycles. The largest absolute Gasteiger partial charge is 0.416 e. The molecule has 0 N–H and O–H groups in total. The molecule has 2 nitrogen and oxygen atoms in total. The lowest BCUT2D eigenvalue weighted by Crippen LogP contribution is -2.45. The van der Waals surface area contributed by atoms with Crippen molar-refractivity contribution < 1.29 is 17.9 Å². The zero-order chi connectivity index (χ0) is 14.2. The fourth-order valence-electron chi connectivity index (χ4n) is 2.50. The van der Waals surface area contributed by atoms with Gasteiger partial charge in [0.15, 0.2) is 0 Å². The molecule has 2 atom stereocenters. The highest BCUT2D eigenvalue weighted by Crippen LogP contribution is 2.34. The number of benzene rings is 1. The van der Waals surface area contributed by atoms with Gasteiger partial charge in [-0.1, -0.05) is 6.07 Å². The van der Waals surface area contributed by atoms with Crippen LogP contribution < -0.4 is 4.90 Å². The first-order valence-electron chi connectivity index (χ1n) is 6.35. The summed E-state index contributed by atoms with van der Waals surface area (Å²) in [6, 6.07) is 4.51. The maximum Gasteiger partial charge on any atom is 0.416 e. The van der Waals surface area contributed by atoms with E-state index in [1.807, 2.05) is 18.7 Å². The van der Waals surface area contributed by atoms with E-state index in [1.165, 1.54) is 19.1 Å². The Morgan fingerprint density at radius 3 is 2.26 bits per heavy atom. The lowest BCUT2D eigenvalue weighted by atomic mass is 10.1. The Morgan fingerprint density at radius 1 is 1.16 bits per heavy atom. The molecule has 1 heterocycles.